The van der Waals surface area contributed by atoms with E-state index in [1.54, 1.807) is 7.11 Å². The molecule has 0 saturated carbocycles. The van der Waals surface area contributed by atoms with E-state index in [2.05, 4.69) is 0 Å². The van der Waals surface area contributed by atoms with Crippen molar-refractivity contribution < 1.29 is 14.7 Å². The predicted molar refractivity (Wildman–Crippen MR) is 99.9 cm³/mol. The molecule has 1 heterocycles. The van der Waals surface area contributed by atoms with E-state index in [4.69, 9.17) is 9.47 Å². The molecule has 4 heteroatoms. The molecule has 1 aliphatic heterocycles. The van der Waals surface area contributed by atoms with Crippen LogP contribution in [0.25, 0.3) is 0 Å². The van der Waals surface area contributed by atoms with Crippen LogP contribution >= 0.6 is 0 Å². The molecule has 3 aromatic carbocycles. The lowest BCUT2D eigenvalue weighted by Crippen LogP contribution is -2.52. The van der Waals surface area contributed by atoms with Gasteiger partial charge in [-0.1, -0.05) is 59.8 Å². The number of hydrogen-bond donors (Lipinski definition) is 0. The topological polar surface area (TPSA) is 41.6 Å². The monoisotopic (exact) mass is 346 g/mol. The minimum absolute atomic E-state index is 0.286. The molecule has 0 N–H and O–H groups in total. The summed E-state index contributed by atoms with van der Waals surface area (Å²) in [5.41, 5.74) is 1.73. The third-order valence-electron chi connectivity index (χ3n) is 4.91. The highest BCUT2D eigenvalue weighted by molar-refractivity contribution is 5.61. The van der Waals surface area contributed by atoms with Crippen LogP contribution in [0.4, 0.5) is 5.69 Å². The molecule has 0 amide bonds. The molecule has 0 aliphatic carbocycles. The van der Waals surface area contributed by atoms with Crippen molar-refractivity contribution in [1.29, 1.82) is 0 Å². The van der Waals surface area contributed by atoms with Crippen LogP contribution in [0.2, 0.25) is 0 Å². The summed E-state index contributed by atoms with van der Waals surface area (Å²) in [6.45, 7) is 0.286. The summed E-state index contributed by atoms with van der Waals surface area (Å²) in [4.78, 5) is 0. The van der Waals surface area contributed by atoms with E-state index in [0.29, 0.717) is 17.9 Å². The van der Waals surface area contributed by atoms with Crippen LogP contribution in [0.15, 0.2) is 78.9 Å². The summed E-state index contributed by atoms with van der Waals surface area (Å²) in [7, 11) is 1.63. The van der Waals surface area contributed by atoms with Gasteiger partial charge in [-0.3, -0.25) is 0 Å². The fourth-order valence-electron chi connectivity index (χ4n) is 3.49. The van der Waals surface area contributed by atoms with E-state index < -0.39 is 5.54 Å². The zero-order valence-corrected chi connectivity index (χ0v) is 14.6. The van der Waals surface area contributed by atoms with Crippen LogP contribution in [-0.4, -0.2) is 13.7 Å². The first-order valence-corrected chi connectivity index (χ1v) is 8.61. The average Bonchev–Trinajstić information content (AvgIpc) is 2.71. The Morgan fingerprint density at radius 1 is 0.962 bits per heavy atom. The van der Waals surface area contributed by atoms with Gasteiger partial charge in [0.15, 0.2) is 0 Å². The molecule has 131 valence electrons. The van der Waals surface area contributed by atoms with Crippen molar-refractivity contribution in [3.8, 4) is 11.5 Å². The molecule has 1 aliphatic rings. The normalized spacial score (nSPS) is 18.8. The van der Waals surface area contributed by atoms with Gasteiger partial charge in [-0.25, -0.2) is 5.06 Å². The molecule has 4 rings (SSSR count). The van der Waals surface area contributed by atoms with E-state index in [1.165, 1.54) is 0 Å². The van der Waals surface area contributed by atoms with Crippen LogP contribution in [0.5, 0.6) is 11.5 Å². The predicted octanol–water partition coefficient (Wildman–Crippen LogP) is 4.38. The van der Waals surface area contributed by atoms with Crippen molar-refractivity contribution in [2.45, 2.75) is 12.0 Å². The van der Waals surface area contributed by atoms with Gasteiger partial charge in [0.25, 0.3) is 0 Å². The van der Waals surface area contributed by atoms with Crippen molar-refractivity contribution in [3.05, 3.63) is 90.0 Å². The molecule has 0 aromatic heterocycles. The quantitative estimate of drug-likeness (QED) is 0.704. The van der Waals surface area contributed by atoms with E-state index in [-0.39, 0.29) is 6.61 Å². The summed E-state index contributed by atoms with van der Waals surface area (Å²) in [6, 6.07) is 25.1. The molecule has 0 bridgehead atoms. The second kappa shape index (κ2) is 6.73. The number of benzene rings is 3. The Kier molecular flexibility index (Phi) is 4.27. The number of fused-ring (bicyclic) bond motifs is 1. The summed E-state index contributed by atoms with van der Waals surface area (Å²) in [5, 5.41) is 14.6. The van der Waals surface area contributed by atoms with Crippen molar-refractivity contribution >= 4 is 5.69 Å². The fourth-order valence-corrected chi connectivity index (χ4v) is 3.49. The molecule has 4 nitrogen and oxygen atoms in total. The largest absolute Gasteiger partial charge is 0.497 e. The molecule has 1 radical (unpaired) electrons. The number of rotatable bonds is 4. The Hall–Kier alpha value is -2.98. The molecule has 1 unspecified atom stereocenters. The van der Waals surface area contributed by atoms with Crippen molar-refractivity contribution in [1.82, 2.24) is 0 Å². The van der Waals surface area contributed by atoms with Gasteiger partial charge in [0.1, 0.15) is 29.3 Å². The third-order valence-corrected chi connectivity index (χ3v) is 4.91. The highest BCUT2D eigenvalue weighted by atomic mass is 16.5. The Balaban J connectivity index is 1.82. The van der Waals surface area contributed by atoms with Gasteiger partial charge in [-0.2, -0.15) is 0 Å². The molecule has 1 atom stereocenters. The minimum Gasteiger partial charge on any atom is -0.497 e. The Bertz CT molecular complexity index is 879. The first kappa shape index (κ1) is 16.5. The Labute approximate surface area is 153 Å². The molecule has 0 spiro atoms. The molecule has 0 fully saturated rings. The zero-order chi connectivity index (χ0) is 18.0. The molecular formula is C22H20NO3. The summed E-state index contributed by atoms with van der Waals surface area (Å²) >= 11 is 0. The molecule has 0 saturated heterocycles. The number of para-hydroxylation sites is 2. The lowest BCUT2D eigenvalue weighted by molar-refractivity contribution is 0.0300. The Morgan fingerprint density at radius 3 is 2.38 bits per heavy atom. The number of methoxy groups -OCH3 is 1. The third kappa shape index (κ3) is 2.78. The van der Waals surface area contributed by atoms with Crippen molar-refractivity contribution in [2.24, 2.45) is 0 Å². The van der Waals surface area contributed by atoms with E-state index >= 15 is 0 Å². The van der Waals surface area contributed by atoms with Crippen LogP contribution in [-0.2, 0) is 17.2 Å². The van der Waals surface area contributed by atoms with Crippen molar-refractivity contribution in [2.75, 3.05) is 18.8 Å². The second-order valence-corrected chi connectivity index (χ2v) is 6.47. The smallest absolute Gasteiger partial charge is 0.145 e. The number of hydrogen-bond acceptors (Lipinski definition) is 3. The number of hydroxylamine groups is 1. The average molecular weight is 346 g/mol. The van der Waals surface area contributed by atoms with Crippen LogP contribution in [0.1, 0.15) is 11.1 Å². The molecule has 26 heavy (non-hydrogen) atoms. The van der Waals surface area contributed by atoms with Gasteiger partial charge in [0, 0.05) is 6.42 Å². The van der Waals surface area contributed by atoms with Gasteiger partial charge in [-0.15, -0.1) is 0 Å². The van der Waals surface area contributed by atoms with Crippen LogP contribution in [0.3, 0.4) is 0 Å². The first-order valence-electron chi connectivity index (χ1n) is 8.61. The summed E-state index contributed by atoms with van der Waals surface area (Å²) in [5.74, 6) is 1.39. The van der Waals surface area contributed by atoms with E-state index in [1.807, 2.05) is 78.9 Å². The van der Waals surface area contributed by atoms with Gasteiger partial charge in [0.05, 0.1) is 7.11 Å². The summed E-state index contributed by atoms with van der Waals surface area (Å²) < 4.78 is 11.3. The lowest BCUT2D eigenvalue weighted by Gasteiger charge is -2.43. The second-order valence-electron chi connectivity index (χ2n) is 6.47. The minimum atomic E-state index is -0.831. The highest BCUT2D eigenvalue weighted by Crippen LogP contribution is 2.44. The maximum Gasteiger partial charge on any atom is 0.145 e. The SMILES string of the molecule is COc1ccc(C2(Cc3ccccc3)COc3ccccc3N2[O])cc1. The van der Waals surface area contributed by atoms with Crippen LogP contribution < -0.4 is 14.5 Å². The Morgan fingerprint density at radius 2 is 1.65 bits per heavy atom. The van der Waals surface area contributed by atoms with E-state index in [0.717, 1.165) is 21.9 Å². The zero-order valence-electron chi connectivity index (χ0n) is 14.6. The van der Waals surface area contributed by atoms with Gasteiger partial charge in [0.2, 0.25) is 0 Å². The summed E-state index contributed by atoms with van der Waals surface area (Å²) in [6.07, 6.45) is 0.554. The maximum absolute atomic E-state index is 13.5. The highest BCUT2D eigenvalue weighted by Gasteiger charge is 2.45. The van der Waals surface area contributed by atoms with Crippen LogP contribution in [0, 0.1) is 0 Å². The van der Waals surface area contributed by atoms with Gasteiger partial charge in [-0.05, 0) is 35.4 Å². The number of ether oxygens (including phenoxy) is 2. The molecule has 3 aromatic rings. The lowest BCUT2D eigenvalue weighted by atomic mass is 9.82. The standard InChI is InChI=1S/C22H20NO3/c1-25-19-13-11-18(12-14-19)22(15-17-7-3-2-4-8-17)16-26-21-10-6-5-9-20(21)23(22)24/h2-14H,15-16H2,1H3. The van der Waals surface area contributed by atoms with Gasteiger partial charge < -0.3 is 9.47 Å². The first-order chi connectivity index (χ1) is 12.7. The molecular weight excluding hydrogens is 326 g/mol. The maximum atomic E-state index is 13.5. The van der Waals surface area contributed by atoms with Gasteiger partial charge >= 0.3 is 0 Å². The van der Waals surface area contributed by atoms with Crippen molar-refractivity contribution in [3.63, 3.8) is 0 Å². The van der Waals surface area contributed by atoms with E-state index in [9.17, 15) is 5.21 Å². The number of nitrogens with zero attached hydrogens (tertiary/aromatic N) is 1. The number of anilines is 1. The fraction of sp³-hybridized carbons (Fsp3) is 0.182.